The zero-order valence-corrected chi connectivity index (χ0v) is 11.0. The van der Waals surface area contributed by atoms with Crippen molar-refractivity contribution in [1.82, 2.24) is 0 Å². The van der Waals surface area contributed by atoms with Gasteiger partial charge in [-0.15, -0.1) is 0 Å². The zero-order valence-electron chi connectivity index (χ0n) is 9.42. The van der Waals surface area contributed by atoms with E-state index in [9.17, 15) is 0 Å². The van der Waals surface area contributed by atoms with Gasteiger partial charge in [-0.25, -0.2) is 0 Å². The predicted molar refractivity (Wildman–Crippen MR) is 68.7 cm³/mol. The molecule has 16 heavy (non-hydrogen) atoms. The van der Waals surface area contributed by atoms with Crippen LogP contribution in [0.15, 0.2) is 22.7 Å². The van der Waals surface area contributed by atoms with Gasteiger partial charge in [0.05, 0.1) is 6.10 Å². The van der Waals surface area contributed by atoms with Crippen molar-refractivity contribution in [3.8, 4) is 0 Å². The quantitative estimate of drug-likeness (QED) is 0.771. The van der Waals surface area contributed by atoms with E-state index in [4.69, 9.17) is 4.74 Å². The van der Waals surface area contributed by atoms with Gasteiger partial charge in [0.1, 0.15) is 0 Å². The van der Waals surface area contributed by atoms with Gasteiger partial charge in [0.2, 0.25) is 0 Å². The molecule has 2 heteroatoms. The first-order chi connectivity index (χ1) is 7.84. The van der Waals surface area contributed by atoms with E-state index in [-0.39, 0.29) is 0 Å². The lowest BCUT2D eigenvalue weighted by Crippen LogP contribution is -2.12. The summed E-state index contributed by atoms with van der Waals surface area (Å²) >= 11 is 3.70. The number of hydrogen-bond acceptors (Lipinski definition) is 1. The highest BCUT2D eigenvalue weighted by Gasteiger charge is 2.25. The van der Waals surface area contributed by atoms with Crippen LogP contribution in [0, 0.1) is 0 Å². The molecule has 0 bridgehead atoms. The van der Waals surface area contributed by atoms with Gasteiger partial charge in [0.25, 0.3) is 0 Å². The van der Waals surface area contributed by atoms with Crippen molar-refractivity contribution >= 4 is 15.9 Å². The van der Waals surface area contributed by atoms with Crippen molar-refractivity contribution in [1.29, 1.82) is 0 Å². The number of benzene rings is 1. The summed E-state index contributed by atoms with van der Waals surface area (Å²) in [5, 5.41) is 0. The Kier molecular flexibility index (Phi) is 3.03. The fraction of sp³-hybridized carbons (Fsp3) is 0.571. The lowest BCUT2D eigenvalue weighted by atomic mass is 9.99. The maximum atomic E-state index is 5.83. The summed E-state index contributed by atoms with van der Waals surface area (Å²) in [4.78, 5) is 0. The molecule has 1 aromatic rings. The molecule has 1 atom stereocenters. The van der Waals surface area contributed by atoms with Gasteiger partial charge in [-0.2, -0.15) is 0 Å². The third kappa shape index (κ3) is 2.18. The molecule has 1 saturated carbocycles. The van der Waals surface area contributed by atoms with Crippen LogP contribution in [0.2, 0.25) is 0 Å². The van der Waals surface area contributed by atoms with E-state index in [1.165, 1.54) is 47.7 Å². The van der Waals surface area contributed by atoms with E-state index < -0.39 is 0 Å². The molecule has 1 aromatic carbocycles. The maximum Gasteiger partial charge on any atom is 0.0835 e. The van der Waals surface area contributed by atoms with Crippen LogP contribution in [0.5, 0.6) is 0 Å². The maximum absolute atomic E-state index is 5.83. The lowest BCUT2D eigenvalue weighted by molar-refractivity contribution is 0.0145. The summed E-state index contributed by atoms with van der Waals surface area (Å²) in [5.41, 5.74) is 2.83. The van der Waals surface area contributed by atoms with Gasteiger partial charge in [-0.1, -0.05) is 28.1 Å². The summed E-state index contributed by atoms with van der Waals surface area (Å²) in [7, 11) is 0. The predicted octanol–water partition coefficient (Wildman–Crippen LogP) is 4.57. The smallest absolute Gasteiger partial charge is 0.0835 e. The van der Waals surface area contributed by atoms with Crippen LogP contribution in [-0.4, -0.2) is 6.61 Å². The fourth-order valence-electron chi connectivity index (χ4n) is 2.46. The molecule has 2 fully saturated rings. The highest BCUT2D eigenvalue weighted by atomic mass is 79.9. The molecule has 1 unspecified atom stereocenters. The average molecular weight is 281 g/mol. The molecule has 1 saturated heterocycles. The number of rotatable bonds is 2. The summed E-state index contributed by atoms with van der Waals surface area (Å²) in [6.45, 7) is 0.918. The number of hydrogen-bond donors (Lipinski definition) is 0. The van der Waals surface area contributed by atoms with Crippen molar-refractivity contribution in [2.75, 3.05) is 6.61 Å². The van der Waals surface area contributed by atoms with Crippen LogP contribution in [-0.2, 0) is 4.74 Å². The third-order valence-corrected chi connectivity index (χ3v) is 4.29. The summed E-state index contributed by atoms with van der Waals surface area (Å²) in [6.07, 6.45) is 6.73. The molecule has 3 rings (SSSR count). The Labute approximate surface area is 105 Å². The summed E-state index contributed by atoms with van der Waals surface area (Å²) in [5.74, 6) is 0.831. The second-order valence-electron chi connectivity index (χ2n) is 4.91. The van der Waals surface area contributed by atoms with Crippen LogP contribution in [0.4, 0.5) is 0 Å². The molecule has 0 N–H and O–H groups in total. The molecule has 1 nitrogen and oxygen atoms in total. The Morgan fingerprint density at radius 3 is 2.62 bits per heavy atom. The van der Waals surface area contributed by atoms with E-state index in [0.717, 1.165) is 12.5 Å². The highest BCUT2D eigenvalue weighted by Crippen LogP contribution is 2.42. The zero-order chi connectivity index (χ0) is 11.0. The molecule has 1 aliphatic heterocycles. The molecular formula is C14H17BrO. The Bertz CT molecular complexity index is 378. The van der Waals surface area contributed by atoms with E-state index in [0.29, 0.717) is 6.10 Å². The first-order valence-electron chi connectivity index (χ1n) is 6.25. The number of halogens is 1. The van der Waals surface area contributed by atoms with Crippen LogP contribution in [0.25, 0.3) is 0 Å². The summed E-state index contributed by atoms with van der Waals surface area (Å²) < 4.78 is 7.07. The van der Waals surface area contributed by atoms with Crippen molar-refractivity contribution in [3.63, 3.8) is 0 Å². The molecule has 0 aromatic heterocycles. The van der Waals surface area contributed by atoms with Gasteiger partial charge in [-0.3, -0.25) is 0 Å². The Morgan fingerprint density at radius 1 is 1.12 bits per heavy atom. The summed E-state index contributed by atoms with van der Waals surface area (Å²) in [6, 6.07) is 6.84. The van der Waals surface area contributed by atoms with E-state index in [1.54, 1.807) is 0 Å². The van der Waals surface area contributed by atoms with Crippen molar-refractivity contribution < 1.29 is 4.74 Å². The van der Waals surface area contributed by atoms with Gasteiger partial charge in [0, 0.05) is 11.1 Å². The normalized spacial score (nSPS) is 25.7. The average Bonchev–Trinajstić information content (AvgIpc) is 3.14. The largest absolute Gasteiger partial charge is 0.373 e. The monoisotopic (exact) mass is 280 g/mol. The van der Waals surface area contributed by atoms with E-state index in [2.05, 4.69) is 34.1 Å². The fourth-order valence-corrected chi connectivity index (χ4v) is 3.11. The first kappa shape index (κ1) is 10.8. The van der Waals surface area contributed by atoms with Crippen LogP contribution >= 0.6 is 15.9 Å². The van der Waals surface area contributed by atoms with Crippen LogP contribution in [0.1, 0.15) is 55.3 Å². The molecular weight excluding hydrogens is 264 g/mol. The van der Waals surface area contributed by atoms with Crippen LogP contribution in [0.3, 0.4) is 0 Å². The molecule has 86 valence electrons. The minimum absolute atomic E-state index is 0.316. The van der Waals surface area contributed by atoms with Gasteiger partial charge >= 0.3 is 0 Å². The van der Waals surface area contributed by atoms with Gasteiger partial charge in [-0.05, 0) is 55.2 Å². The van der Waals surface area contributed by atoms with Crippen molar-refractivity contribution in [2.24, 2.45) is 0 Å². The molecule has 0 radical (unpaired) electrons. The standard InChI is InChI=1S/C14H17BrO/c15-13-9-11(10-4-5-10)6-7-12(13)14-3-1-2-8-16-14/h6-7,9-10,14H,1-5,8H2. The van der Waals surface area contributed by atoms with Gasteiger partial charge < -0.3 is 4.74 Å². The first-order valence-corrected chi connectivity index (χ1v) is 7.05. The van der Waals surface area contributed by atoms with Crippen LogP contribution < -0.4 is 0 Å². The minimum atomic E-state index is 0.316. The minimum Gasteiger partial charge on any atom is -0.373 e. The molecule has 0 amide bonds. The molecule has 1 heterocycles. The molecule has 1 aliphatic carbocycles. The van der Waals surface area contributed by atoms with Crippen molar-refractivity contribution in [3.05, 3.63) is 33.8 Å². The van der Waals surface area contributed by atoms with Gasteiger partial charge in [0.15, 0.2) is 0 Å². The third-order valence-electron chi connectivity index (χ3n) is 3.60. The van der Waals surface area contributed by atoms with E-state index >= 15 is 0 Å². The molecule has 2 aliphatic rings. The van der Waals surface area contributed by atoms with E-state index in [1.807, 2.05) is 0 Å². The second-order valence-corrected chi connectivity index (χ2v) is 5.76. The Balaban J connectivity index is 1.83. The number of ether oxygens (including phenoxy) is 1. The SMILES string of the molecule is Brc1cc(C2CC2)ccc1C1CCCCO1. The topological polar surface area (TPSA) is 9.23 Å². The highest BCUT2D eigenvalue weighted by molar-refractivity contribution is 9.10. The lowest BCUT2D eigenvalue weighted by Gasteiger charge is -2.24. The Morgan fingerprint density at radius 2 is 2.00 bits per heavy atom. The molecule has 0 spiro atoms. The van der Waals surface area contributed by atoms with Crippen molar-refractivity contribution in [2.45, 2.75) is 44.1 Å². The Hall–Kier alpha value is -0.340. The second kappa shape index (κ2) is 4.50.